The summed E-state index contributed by atoms with van der Waals surface area (Å²) in [5, 5.41) is 2.49. The van der Waals surface area contributed by atoms with E-state index in [9.17, 15) is 0 Å². The van der Waals surface area contributed by atoms with E-state index in [0.29, 0.717) is 106 Å². The quantitative estimate of drug-likeness (QED) is 0.0795. The van der Waals surface area contributed by atoms with Gasteiger partial charge in [-0.3, -0.25) is 0 Å². The van der Waals surface area contributed by atoms with Gasteiger partial charge in [-0.2, -0.15) is 0 Å². The molecule has 266 valence electrons. The smallest absolute Gasteiger partial charge is 0.261 e. The average Bonchev–Trinajstić information content (AvgIpc) is 3.10. The third kappa shape index (κ3) is 15.3. The summed E-state index contributed by atoms with van der Waals surface area (Å²) in [4.78, 5) is 0. The van der Waals surface area contributed by atoms with Gasteiger partial charge >= 0.3 is 0 Å². The second-order valence-corrected chi connectivity index (χ2v) is 16.3. The van der Waals surface area contributed by atoms with E-state index in [2.05, 4.69) is 81.4 Å². The highest BCUT2D eigenvalue weighted by Gasteiger charge is 2.50. The Morgan fingerprint density at radius 1 is 0.375 bits per heavy atom. The van der Waals surface area contributed by atoms with Gasteiger partial charge < -0.3 is 42.3 Å². The van der Waals surface area contributed by atoms with Gasteiger partial charge in [0.1, 0.15) is 12.4 Å². The molecule has 3 aromatic carbocycles. The van der Waals surface area contributed by atoms with Crippen LogP contribution in [0.4, 0.5) is 0 Å². The first-order valence-corrected chi connectivity index (χ1v) is 18.9. The molecule has 0 aliphatic heterocycles. The summed E-state index contributed by atoms with van der Waals surface area (Å²) in [6.45, 7) is 15.1. The summed E-state index contributed by atoms with van der Waals surface area (Å²) in [6.07, 6.45) is 0. The zero-order valence-corrected chi connectivity index (χ0v) is 30.1. The fourth-order valence-corrected chi connectivity index (χ4v) is 9.72. The third-order valence-electron chi connectivity index (χ3n) is 7.43. The van der Waals surface area contributed by atoms with Crippen molar-refractivity contribution in [2.75, 3.05) is 106 Å². The van der Waals surface area contributed by atoms with E-state index >= 15 is 0 Å². The van der Waals surface area contributed by atoms with Crippen LogP contribution in [-0.4, -0.2) is 114 Å². The summed E-state index contributed by atoms with van der Waals surface area (Å²) >= 11 is 0. The second-order valence-electron chi connectivity index (χ2n) is 12.0. The predicted molar refractivity (Wildman–Crippen MR) is 191 cm³/mol. The van der Waals surface area contributed by atoms with Crippen molar-refractivity contribution < 1.29 is 42.3 Å². The Kier molecular flexibility index (Phi) is 20.3. The predicted octanol–water partition coefficient (Wildman–Crippen LogP) is 4.76. The van der Waals surface area contributed by atoms with Crippen LogP contribution in [-0.2, 0) is 37.6 Å². The molecular weight excluding hydrogens is 628 g/mol. The van der Waals surface area contributed by atoms with Crippen molar-refractivity contribution in [1.82, 2.24) is 0 Å². The highest BCUT2D eigenvalue weighted by Crippen LogP contribution is 2.36. The minimum Gasteiger partial charge on any atom is -0.491 e. The van der Waals surface area contributed by atoms with Gasteiger partial charge in [0.2, 0.25) is 0 Å². The van der Waals surface area contributed by atoms with E-state index in [-0.39, 0.29) is 5.04 Å². The molecular formula is C38H56O9Si. The van der Waals surface area contributed by atoms with Crippen molar-refractivity contribution in [3.63, 3.8) is 0 Å². The SMILES string of the molecule is CC(C)(C)[Si](OCCOCCOCCOCCOCCOCCOCCOCCOc1ccccc1)(c1ccccc1)c1ccccc1. The number of para-hydroxylation sites is 1. The molecule has 0 spiro atoms. The van der Waals surface area contributed by atoms with E-state index in [1.54, 1.807) is 0 Å². The minimum absolute atomic E-state index is 0.0519. The molecule has 0 aliphatic rings. The number of hydrogen-bond acceptors (Lipinski definition) is 9. The standard InChI is InChI=1S/C38H56O9Si/c1-38(2,3)48(36-15-9-5-10-16-36,37-17-11-6-12-18-37)47-34-32-45-30-28-43-26-24-41-22-20-39-19-21-40-23-25-42-27-29-44-31-33-46-35-13-7-4-8-14-35/h4-18H,19-34H2,1-3H3. The molecule has 9 nitrogen and oxygen atoms in total. The summed E-state index contributed by atoms with van der Waals surface area (Å²) in [7, 11) is -2.53. The number of rotatable bonds is 28. The van der Waals surface area contributed by atoms with Gasteiger partial charge in [-0.25, -0.2) is 0 Å². The molecule has 10 heteroatoms. The molecule has 0 saturated heterocycles. The van der Waals surface area contributed by atoms with Gasteiger partial charge in [-0.1, -0.05) is 99.6 Å². The zero-order chi connectivity index (χ0) is 34.0. The monoisotopic (exact) mass is 684 g/mol. The molecule has 0 aromatic heterocycles. The van der Waals surface area contributed by atoms with Crippen LogP contribution in [0.1, 0.15) is 20.8 Å². The Morgan fingerprint density at radius 2 is 0.667 bits per heavy atom. The van der Waals surface area contributed by atoms with Crippen LogP contribution < -0.4 is 15.1 Å². The van der Waals surface area contributed by atoms with Crippen LogP contribution >= 0.6 is 0 Å². The van der Waals surface area contributed by atoms with Crippen LogP contribution in [0, 0.1) is 0 Å². The lowest BCUT2D eigenvalue weighted by Gasteiger charge is -2.43. The molecule has 0 aliphatic carbocycles. The van der Waals surface area contributed by atoms with Crippen molar-refractivity contribution >= 4 is 18.7 Å². The molecule has 48 heavy (non-hydrogen) atoms. The van der Waals surface area contributed by atoms with Crippen LogP contribution in [0.5, 0.6) is 5.75 Å². The molecule has 3 rings (SSSR count). The van der Waals surface area contributed by atoms with E-state index in [1.807, 2.05) is 30.3 Å². The van der Waals surface area contributed by atoms with Crippen molar-refractivity contribution in [3.05, 3.63) is 91.0 Å². The molecule has 0 saturated carbocycles. The Labute approximate surface area is 288 Å². The van der Waals surface area contributed by atoms with Crippen LogP contribution in [0.2, 0.25) is 5.04 Å². The normalized spacial score (nSPS) is 12.0. The van der Waals surface area contributed by atoms with Crippen molar-refractivity contribution in [2.45, 2.75) is 25.8 Å². The highest BCUT2D eigenvalue weighted by molar-refractivity contribution is 6.99. The van der Waals surface area contributed by atoms with Crippen molar-refractivity contribution in [3.8, 4) is 5.75 Å². The highest BCUT2D eigenvalue weighted by atomic mass is 28.4. The van der Waals surface area contributed by atoms with Crippen molar-refractivity contribution in [2.24, 2.45) is 0 Å². The van der Waals surface area contributed by atoms with Crippen LogP contribution in [0.15, 0.2) is 91.0 Å². The lowest BCUT2D eigenvalue weighted by Crippen LogP contribution is -2.66. The third-order valence-corrected chi connectivity index (χ3v) is 12.5. The zero-order valence-electron chi connectivity index (χ0n) is 29.1. The van der Waals surface area contributed by atoms with Gasteiger partial charge in [-0.05, 0) is 27.5 Å². The van der Waals surface area contributed by atoms with Gasteiger partial charge in [0.25, 0.3) is 8.32 Å². The molecule has 0 N–H and O–H groups in total. The van der Waals surface area contributed by atoms with Gasteiger partial charge in [0, 0.05) is 0 Å². The first-order chi connectivity index (χ1) is 23.5. The first kappa shape index (κ1) is 39.8. The van der Waals surface area contributed by atoms with E-state index in [0.717, 1.165) is 5.75 Å². The number of ether oxygens (including phenoxy) is 8. The summed E-state index contributed by atoms with van der Waals surface area (Å²) in [6, 6.07) is 31.0. The topological polar surface area (TPSA) is 83.1 Å². The molecule has 3 aromatic rings. The average molecular weight is 685 g/mol. The molecule has 0 fully saturated rings. The summed E-state index contributed by atoms with van der Waals surface area (Å²) in [5.74, 6) is 0.847. The summed E-state index contributed by atoms with van der Waals surface area (Å²) < 4.78 is 51.5. The lowest BCUT2D eigenvalue weighted by molar-refractivity contribution is -0.0219. The van der Waals surface area contributed by atoms with Crippen molar-refractivity contribution in [1.29, 1.82) is 0 Å². The maximum atomic E-state index is 6.84. The van der Waals surface area contributed by atoms with E-state index in [4.69, 9.17) is 42.3 Å². The van der Waals surface area contributed by atoms with E-state index in [1.165, 1.54) is 10.4 Å². The van der Waals surface area contributed by atoms with Gasteiger partial charge in [-0.15, -0.1) is 0 Å². The Balaban J connectivity index is 1.08. The number of hydrogen-bond donors (Lipinski definition) is 0. The molecule has 0 radical (unpaired) electrons. The van der Waals surface area contributed by atoms with Crippen LogP contribution in [0.25, 0.3) is 0 Å². The maximum Gasteiger partial charge on any atom is 0.261 e. The maximum absolute atomic E-state index is 6.84. The minimum atomic E-state index is -2.53. The summed E-state index contributed by atoms with van der Waals surface area (Å²) in [5.41, 5.74) is 0. The Hall–Kier alpha value is -2.64. The fourth-order valence-electron chi connectivity index (χ4n) is 5.17. The van der Waals surface area contributed by atoms with Gasteiger partial charge in [0.15, 0.2) is 0 Å². The Morgan fingerprint density at radius 3 is 1.00 bits per heavy atom. The molecule has 0 bridgehead atoms. The molecule has 0 heterocycles. The van der Waals surface area contributed by atoms with E-state index < -0.39 is 8.32 Å². The largest absolute Gasteiger partial charge is 0.491 e. The second kappa shape index (κ2) is 24.5. The number of benzene rings is 3. The first-order valence-electron chi connectivity index (χ1n) is 17.0. The fraction of sp³-hybridized carbons (Fsp3) is 0.526. The lowest BCUT2D eigenvalue weighted by atomic mass is 10.2. The molecule has 0 amide bonds. The van der Waals surface area contributed by atoms with Crippen LogP contribution in [0.3, 0.4) is 0 Å². The molecule has 0 atom stereocenters. The van der Waals surface area contributed by atoms with Gasteiger partial charge in [0.05, 0.1) is 99.1 Å². The Bertz CT molecular complexity index is 1120. The molecule has 0 unspecified atom stereocenters.